The highest BCUT2D eigenvalue weighted by Gasteiger charge is 2.12. The number of halogens is 2. The molecule has 1 aromatic carbocycles. The van der Waals surface area contributed by atoms with Crippen LogP contribution < -0.4 is 9.47 Å². The molecule has 0 radical (unpaired) electrons. The van der Waals surface area contributed by atoms with E-state index in [9.17, 15) is 0 Å². The van der Waals surface area contributed by atoms with Crippen molar-refractivity contribution < 1.29 is 9.47 Å². The zero-order valence-electron chi connectivity index (χ0n) is 9.72. The van der Waals surface area contributed by atoms with Crippen molar-refractivity contribution in [2.24, 2.45) is 5.92 Å². The van der Waals surface area contributed by atoms with Crippen molar-refractivity contribution in [3.63, 3.8) is 0 Å². The molecule has 0 atom stereocenters. The van der Waals surface area contributed by atoms with Crippen molar-refractivity contribution in [2.75, 3.05) is 13.7 Å². The van der Waals surface area contributed by atoms with E-state index in [0.717, 1.165) is 10.9 Å². The van der Waals surface area contributed by atoms with Crippen molar-refractivity contribution in [3.05, 3.63) is 22.7 Å². The zero-order valence-corrected chi connectivity index (χ0v) is 12.1. The van der Waals surface area contributed by atoms with Crippen LogP contribution in [0.15, 0.2) is 12.1 Å². The number of methoxy groups -OCH3 is 1. The molecule has 1 aromatic rings. The molecule has 0 N–H and O–H groups in total. The molecule has 0 saturated carbocycles. The van der Waals surface area contributed by atoms with Crippen LogP contribution in [-0.2, 0) is 5.33 Å². The molecule has 0 aliphatic rings. The summed E-state index contributed by atoms with van der Waals surface area (Å²) in [6.07, 6.45) is 0. The van der Waals surface area contributed by atoms with E-state index in [1.54, 1.807) is 7.11 Å². The molecule has 0 saturated heterocycles. The molecule has 0 heterocycles. The van der Waals surface area contributed by atoms with E-state index < -0.39 is 0 Å². The smallest absolute Gasteiger partial charge is 0.179 e. The average molecular weight is 308 g/mol. The lowest BCUT2D eigenvalue weighted by Crippen LogP contribution is -2.06. The minimum Gasteiger partial charge on any atom is -0.493 e. The second-order valence-corrected chi connectivity index (χ2v) is 4.92. The molecule has 0 unspecified atom stereocenters. The van der Waals surface area contributed by atoms with Gasteiger partial charge in [0.15, 0.2) is 11.5 Å². The highest BCUT2D eigenvalue weighted by molar-refractivity contribution is 9.08. The van der Waals surface area contributed by atoms with Crippen LogP contribution in [0.25, 0.3) is 0 Å². The fraction of sp³-hybridized carbons (Fsp3) is 0.500. The van der Waals surface area contributed by atoms with Crippen LogP contribution >= 0.6 is 27.5 Å². The van der Waals surface area contributed by atoms with Gasteiger partial charge in [0.1, 0.15) is 0 Å². The number of benzene rings is 1. The van der Waals surface area contributed by atoms with E-state index in [1.165, 1.54) is 0 Å². The van der Waals surface area contributed by atoms with Crippen LogP contribution in [0.2, 0.25) is 5.02 Å². The molecule has 0 amide bonds. The van der Waals surface area contributed by atoms with Gasteiger partial charge >= 0.3 is 0 Å². The molecule has 4 heteroatoms. The molecule has 90 valence electrons. The molecule has 0 aromatic heterocycles. The monoisotopic (exact) mass is 306 g/mol. The molecule has 1 rings (SSSR count). The van der Waals surface area contributed by atoms with Gasteiger partial charge in [0.25, 0.3) is 0 Å². The maximum Gasteiger partial charge on any atom is 0.179 e. The lowest BCUT2D eigenvalue weighted by Gasteiger charge is -2.14. The van der Waals surface area contributed by atoms with Crippen LogP contribution in [0.5, 0.6) is 11.5 Å². The summed E-state index contributed by atoms with van der Waals surface area (Å²) < 4.78 is 10.9. The van der Waals surface area contributed by atoms with Gasteiger partial charge in [-0.3, -0.25) is 0 Å². The van der Waals surface area contributed by atoms with E-state index >= 15 is 0 Å². The van der Waals surface area contributed by atoms with Crippen LogP contribution in [0.4, 0.5) is 0 Å². The minimum atomic E-state index is 0.455. The first-order valence-electron chi connectivity index (χ1n) is 5.13. The SMILES string of the molecule is COc1cc(CBr)cc(Cl)c1OCC(C)C. The maximum atomic E-state index is 6.15. The first-order chi connectivity index (χ1) is 7.58. The Kier molecular flexibility index (Phi) is 5.42. The summed E-state index contributed by atoms with van der Waals surface area (Å²) in [5, 5.41) is 1.34. The van der Waals surface area contributed by atoms with Crippen LogP contribution in [0.3, 0.4) is 0 Å². The van der Waals surface area contributed by atoms with E-state index in [1.807, 2.05) is 12.1 Å². The van der Waals surface area contributed by atoms with Crippen molar-refractivity contribution in [3.8, 4) is 11.5 Å². The van der Waals surface area contributed by atoms with Gasteiger partial charge in [-0.05, 0) is 23.6 Å². The molecular weight excluding hydrogens is 291 g/mol. The molecular formula is C12H16BrClO2. The summed E-state index contributed by atoms with van der Waals surface area (Å²) in [5.74, 6) is 1.77. The van der Waals surface area contributed by atoms with Gasteiger partial charge in [-0.2, -0.15) is 0 Å². The Bertz CT molecular complexity index is 353. The summed E-state index contributed by atoms with van der Waals surface area (Å²) in [7, 11) is 1.62. The Balaban J connectivity index is 2.97. The number of hydrogen-bond acceptors (Lipinski definition) is 2. The largest absolute Gasteiger partial charge is 0.493 e. The average Bonchev–Trinajstić information content (AvgIpc) is 2.26. The Hall–Kier alpha value is -0.410. The molecule has 0 aliphatic carbocycles. The van der Waals surface area contributed by atoms with Crippen molar-refractivity contribution in [2.45, 2.75) is 19.2 Å². The molecule has 16 heavy (non-hydrogen) atoms. The number of ether oxygens (including phenoxy) is 2. The summed E-state index contributed by atoms with van der Waals surface area (Å²) >= 11 is 9.54. The van der Waals surface area contributed by atoms with Gasteiger partial charge < -0.3 is 9.47 Å². The first kappa shape index (κ1) is 13.7. The Morgan fingerprint density at radius 2 is 2.06 bits per heavy atom. The van der Waals surface area contributed by atoms with E-state index in [4.69, 9.17) is 21.1 Å². The van der Waals surface area contributed by atoms with Gasteiger partial charge in [0.05, 0.1) is 18.7 Å². The van der Waals surface area contributed by atoms with Gasteiger partial charge in [-0.15, -0.1) is 0 Å². The maximum absolute atomic E-state index is 6.15. The lowest BCUT2D eigenvalue weighted by atomic mass is 10.2. The minimum absolute atomic E-state index is 0.455. The number of hydrogen-bond donors (Lipinski definition) is 0. The standard InChI is InChI=1S/C12H16BrClO2/c1-8(2)7-16-12-10(14)4-9(6-13)5-11(12)15-3/h4-5,8H,6-7H2,1-3H3. The van der Waals surface area contributed by atoms with E-state index in [-0.39, 0.29) is 0 Å². The molecule has 0 fully saturated rings. The fourth-order valence-corrected chi connectivity index (χ4v) is 1.85. The zero-order chi connectivity index (χ0) is 12.1. The summed E-state index contributed by atoms with van der Waals surface area (Å²) in [6, 6.07) is 3.81. The Labute approximate surface area is 110 Å². The highest BCUT2D eigenvalue weighted by atomic mass is 79.9. The van der Waals surface area contributed by atoms with Gasteiger partial charge in [0, 0.05) is 5.33 Å². The third-order valence-corrected chi connectivity index (χ3v) is 2.93. The molecule has 2 nitrogen and oxygen atoms in total. The summed E-state index contributed by atoms with van der Waals surface area (Å²) in [6.45, 7) is 4.81. The first-order valence-corrected chi connectivity index (χ1v) is 6.63. The van der Waals surface area contributed by atoms with Gasteiger partial charge in [-0.1, -0.05) is 41.4 Å². The van der Waals surface area contributed by atoms with Gasteiger partial charge in [0.2, 0.25) is 0 Å². The number of alkyl halides is 1. The van der Waals surface area contributed by atoms with Crippen molar-refractivity contribution >= 4 is 27.5 Å². The quantitative estimate of drug-likeness (QED) is 0.756. The second-order valence-electron chi connectivity index (χ2n) is 3.95. The molecule has 0 aliphatic heterocycles. The lowest BCUT2D eigenvalue weighted by molar-refractivity contribution is 0.257. The van der Waals surface area contributed by atoms with Crippen LogP contribution in [-0.4, -0.2) is 13.7 Å². The van der Waals surface area contributed by atoms with Crippen molar-refractivity contribution in [1.82, 2.24) is 0 Å². The normalized spacial score (nSPS) is 10.6. The Morgan fingerprint density at radius 1 is 1.38 bits per heavy atom. The third-order valence-electron chi connectivity index (χ3n) is 2.00. The second kappa shape index (κ2) is 6.36. The predicted molar refractivity (Wildman–Crippen MR) is 71.0 cm³/mol. The van der Waals surface area contributed by atoms with Crippen molar-refractivity contribution in [1.29, 1.82) is 0 Å². The summed E-state index contributed by atoms with van der Waals surface area (Å²) in [5.41, 5.74) is 1.07. The topological polar surface area (TPSA) is 18.5 Å². The Morgan fingerprint density at radius 3 is 2.56 bits per heavy atom. The molecule has 0 spiro atoms. The van der Waals surface area contributed by atoms with Crippen LogP contribution in [0.1, 0.15) is 19.4 Å². The summed E-state index contributed by atoms with van der Waals surface area (Å²) in [4.78, 5) is 0. The van der Waals surface area contributed by atoms with Crippen LogP contribution in [0, 0.1) is 5.92 Å². The predicted octanol–water partition coefficient (Wildman–Crippen LogP) is 4.28. The molecule has 0 bridgehead atoms. The third kappa shape index (κ3) is 3.56. The van der Waals surface area contributed by atoms with E-state index in [0.29, 0.717) is 29.0 Å². The highest BCUT2D eigenvalue weighted by Crippen LogP contribution is 2.37. The van der Waals surface area contributed by atoms with E-state index in [2.05, 4.69) is 29.8 Å². The van der Waals surface area contributed by atoms with Gasteiger partial charge in [-0.25, -0.2) is 0 Å². The number of rotatable bonds is 5. The fourth-order valence-electron chi connectivity index (χ4n) is 1.24.